The Morgan fingerprint density at radius 3 is 2.76 bits per heavy atom. The zero-order chi connectivity index (χ0) is 23.5. The number of para-hydroxylation sites is 1. The monoisotopic (exact) mass is 497 g/mol. The number of ketones is 1. The Bertz CT molecular complexity index is 1250. The number of carbonyl (C=O) groups excluding carboxylic acids is 2. The van der Waals surface area contributed by atoms with Gasteiger partial charge in [-0.3, -0.25) is 9.59 Å². The second-order valence-corrected chi connectivity index (χ2v) is 9.65. The molecule has 1 amide bonds. The Kier molecular flexibility index (Phi) is 7.14. The number of rotatable bonds is 5. The molecular formula is C25H21Cl2N3O2S. The summed E-state index contributed by atoms with van der Waals surface area (Å²) in [5.74, 6) is -0.696. The van der Waals surface area contributed by atoms with Gasteiger partial charge in [0.2, 0.25) is 5.91 Å². The van der Waals surface area contributed by atoms with Crippen LogP contribution in [0.2, 0.25) is 10.0 Å². The van der Waals surface area contributed by atoms with E-state index in [1.165, 1.54) is 11.8 Å². The lowest BCUT2D eigenvalue weighted by Gasteiger charge is -2.33. The maximum atomic E-state index is 12.9. The first-order chi connectivity index (χ1) is 15.9. The quantitative estimate of drug-likeness (QED) is 0.521. The van der Waals surface area contributed by atoms with Gasteiger partial charge < -0.3 is 10.6 Å². The molecule has 5 nitrogen and oxygen atoms in total. The van der Waals surface area contributed by atoms with Gasteiger partial charge in [0.15, 0.2) is 5.78 Å². The van der Waals surface area contributed by atoms with E-state index in [2.05, 4.69) is 16.7 Å². The number of benzene rings is 2. The predicted octanol–water partition coefficient (Wildman–Crippen LogP) is 6.10. The van der Waals surface area contributed by atoms with Crippen LogP contribution in [-0.4, -0.2) is 17.4 Å². The molecule has 1 atom stereocenters. The summed E-state index contributed by atoms with van der Waals surface area (Å²) in [6.45, 7) is 1.93. The lowest BCUT2D eigenvalue weighted by Crippen LogP contribution is -2.32. The molecule has 0 spiro atoms. The van der Waals surface area contributed by atoms with E-state index in [1.54, 1.807) is 18.2 Å². The third kappa shape index (κ3) is 4.81. The number of anilines is 1. The number of hydrogen-bond acceptors (Lipinski definition) is 5. The number of thioether (sulfide) groups is 1. The van der Waals surface area contributed by atoms with Gasteiger partial charge in [-0.25, -0.2) is 0 Å². The van der Waals surface area contributed by atoms with Crippen LogP contribution in [0, 0.1) is 18.3 Å². The highest BCUT2D eigenvalue weighted by Crippen LogP contribution is 2.46. The summed E-state index contributed by atoms with van der Waals surface area (Å²) in [4.78, 5) is 25.5. The fourth-order valence-electron chi connectivity index (χ4n) is 4.13. The third-order valence-corrected chi connectivity index (χ3v) is 7.57. The molecule has 1 aliphatic heterocycles. The molecule has 2 N–H and O–H groups in total. The summed E-state index contributed by atoms with van der Waals surface area (Å²) in [6, 6.07) is 15.0. The molecular weight excluding hydrogens is 477 g/mol. The van der Waals surface area contributed by atoms with Crippen molar-refractivity contribution < 1.29 is 9.59 Å². The predicted molar refractivity (Wildman–Crippen MR) is 133 cm³/mol. The Labute approximate surface area is 206 Å². The molecule has 168 valence electrons. The second kappa shape index (κ2) is 10.0. The first-order valence-electron chi connectivity index (χ1n) is 10.5. The molecule has 0 radical (unpaired) electrons. The van der Waals surface area contributed by atoms with Crippen LogP contribution >= 0.6 is 35.0 Å². The summed E-state index contributed by atoms with van der Waals surface area (Å²) >= 11 is 14.0. The van der Waals surface area contributed by atoms with Crippen molar-refractivity contribution in [2.24, 2.45) is 0 Å². The van der Waals surface area contributed by atoms with Gasteiger partial charge in [0.1, 0.15) is 0 Å². The number of nitrogens with one attached hydrogen (secondary N) is 2. The molecule has 2 aromatic carbocycles. The fourth-order valence-corrected chi connectivity index (χ4v) is 5.41. The molecule has 0 bridgehead atoms. The van der Waals surface area contributed by atoms with E-state index >= 15 is 0 Å². The third-order valence-electron chi connectivity index (χ3n) is 5.72. The van der Waals surface area contributed by atoms with E-state index in [4.69, 9.17) is 23.2 Å². The van der Waals surface area contributed by atoms with E-state index in [0.717, 1.165) is 23.4 Å². The molecule has 0 saturated heterocycles. The Balaban J connectivity index is 1.66. The fraction of sp³-hybridized carbons (Fsp3) is 0.240. The van der Waals surface area contributed by atoms with E-state index in [-0.39, 0.29) is 17.4 Å². The van der Waals surface area contributed by atoms with Crippen molar-refractivity contribution in [3.63, 3.8) is 0 Å². The second-order valence-electron chi connectivity index (χ2n) is 7.88. The van der Waals surface area contributed by atoms with Gasteiger partial charge in [-0.05, 0) is 43.0 Å². The number of nitriles is 1. The molecule has 0 fully saturated rings. The minimum absolute atomic E-state index is 0.00103. The molecule has 33 heavy (non-hydrogen) atoms. The Morgan fingerprint density at radius 1 is 1.21 bits per heavy atom. The number of hydrogen-bond donors (Lipinski definition) is 2. The molecule has 1 aliphatic carbocycles. The molecule has 4 rings (SSSR count). The van der Waals surface area contributed by atoms with Gasteiger partial charge in [0.05, 0.1) is 38.4 Å². The maximum Gasteiger partial charge on any atom is 0.234 e. The van der Waals surface area contributed by atoms with Gasteiger partial charge in [0, 0.05) is 23.4 Å². The van der Waals surface area contributed by atoms with Gasteiger partial charge in [0.25, 0.3) is 0 Å². The number of amides is 1. The van der Waals surface area contributed by atoms with E-state index in [0.29, 0.717) is 44.6 Å². The molecule has 0 unspecified atom stereocenters. The van der Waals surface area contributed by atoms with Crippen LogP contribution in [0.1, 0.15) is 36.3 Å². The van der Waals surface area contributed by atoms with Crippen molar-refractivity contribution >= 4 is 52.3 Å². The lowest BCUT2D eigenvalue weighted by molar-refractivity contribution is -0.116. The number of carbonyl (C=O) groups is 2. The van der Waals surface area contributed by atoms with Crippen LogP contribution < -0.4 is 10.6 Å². The van der Waals surface area contributed by atoms with E-state index < -0.39 is 5.92 Å². The van der Waals surface area contributed by atoms with Crippen molar-refractivity contribution in [3.8, 4) is 6.07 Å². The molecule has 0 aromatic heterocycles. The van der Waals surface area contributed by atoms with Crippen LogP contribution in [0.4, 0.5) is 5.69 Å². The molecule has 8 heteroatoms. The van der Waals surface area contributed by atoms with Crippen LogP contribution in [0.5, 0.6) is 0 Å². The highest BCUT2D eigenvalue weighted by atomic mass is 35.5. The van der Waals surface area contributed by atoms with Gasteiger partial charge >= 0.3 is 0 Å². The van der Waals surface area contributed by atoms with Crippen LogP contribution in [0.3, 0.4) is 0 Å². The van der Waals surface area contributed by atoms with Gasteiger partial charge in [-0.2, -0.15) is 5.26 Å². The first-order valence-corrected chi connectivity index (χ1v) is 12.2. The van der Waals surface area contributed by atoms with Crippen molar-refractivity contribution in [1.82, 2.24) is 5.32 Å². The Morgan fingerprint density at radius 2 is 2.00 bits per heavy atom. The van der Waals surface area contributed by atoms with Gasteiger partial charge in [-0.1, -0.05) is 65.3 Å². The molecule has 2 aliphatic rings. The average Bonchev–Trinajstić information content (AvgIpc) is 2.80. The largest absolute Gasteiger partial charge is 0.352 e. The van der Waals surface area contributed by atoms with Crippen molar-refractivity contribution in [3.05, 3.63) is 85.5 Å². The normalized spacial score (nSPS) is 17.9. The van der Waals surface area contributed by atoms with E-state index in [9.17, 15) is 14.9 Å². The standard InChI is InChI=1S/C25H21Cl2N3O2S/c1-14-6-2-3-9-18(14)29-21(32)13-33-25-16(12-28)22(15-7-4-8-17(26)24(15)27)23-19(30-25)10-5-11-20(23)31/h2-4,6-9,22,30H,5,10-11,13H2,1H3,(H,29,32)/t22-/m1/s1. The molecule has 2 aromatic rings. The van der Waals surface area contributed by atoms with E-state index in [1.807, 2.05) is 31.2 Å². The summed E-state index contributed by atoms with van der Waals surface area (Å²) < 4.78 is 0. The SMILES string of the molecule is Cc1ccccc1NC(=O)CSC1=C(C#N)[C@@H](c2cccc(Cl)c2Cl)C2=C(CCCC2=O)N1. The number of nitrogens with zero attached hydrogens (tertiary/aromatic N) is 1. The number of halogens is 2. The summed E-state index contributed by atoms with van der Waals surface area (Å²) in [6.07, 6.45) is 1.84. The van der Waals surface area contributed by atoms with Crippen LogP contribution in [0.25, 0.3) is 0 Å². The lowest BCUT2D eigenvalue weighted by atomic mass is 9.77. The minimum atomic E-state index is -0.618. The zero-order valence-corrected chi connectivity index (χ0v) is 20.2. The van der Waals surface area contributed by atoms with Crippen molar-refractivity contribution in [2.75, 3.05) is 11.1 Å². The number of dihydropyridines is 1. The minimum Gasteiger partial charge on any atom is -0.352 e. The number of aryl methyl sites for hydroxylation is 1. The van der Waals surface area contributed by atoms with Crippen LogP contribution in [0.15, 0.2) is 64.3 Å². The molecule has 0 saturated carbocycles. The maximum absolute atomic E-state index is 12.9. The first kappa shape index (κ1) is 23.4. The summed E-state index contributed by atoms with van der Waals surface area (Å²) in [5.41, 5.74) is 4.05. The average molecular weight is 498 g/mol. The smallest absolute Gasteiger partial charge is 0.234 e. The molecule has 1 heterocycles. The van der Waals surface area contributed by atoms with Gasteiger partial charge in [-0.15, -0.1) is 0 Å². The summed E-state index contributed by atoms with van der Waals surface area (Å²) in [7, 11) is 0. The summed E-state index contributed by atoms with van der Waals surface area (Å²) in [5, 5.41) is 17.5. The van der Waals surface area contributed by atoms with Crippen molar-refractivity contribution in [2.45, 2.75) is 32.1 Å². The number of Topliss-reactive ketones (excluding diaryl/α,β-unsaturated/α-hetero) is 1. The zero-order valence-electron chi connectivity index (χ0n) is 17.9. The topological polar surface area (TPSA) is 82.0 Å². The van der Waals surface area contributed by atoms with Crippen molar-refractivity contribution in [1.29, 1.82) is 5.26 Å². The van der Waals surface area contributed by atoms with Crippen LogP contribution in [-0.2, 0) is 9.59 Å². The highest BCUT2D eigenvalue weighted by molar-refractivity contribution is 8.03. The number of allylic oxidation sites excluding steroid dienone is 3. The highest BCUT2D eigenvalue weighted by Gasteiger charge is 2.38. The Hall–Kier alpha value is -2.72.